The second-order valence-electron chi connectivity index (χ2n) is 5.93. The molecule has 1 fully saturated rings. The number of likely N-dealkylation sites (N-methyl/N-ethyl adjacent to an activating group) is 1. The number of hydrogen-bond donors (Lipinski definition) is 0. The number of nitrogens with zero attached hydrogens (tertiary/aromatic N) is 2. The standard InChI is InChI=1S/C17H21FN2O3/c1-20(11-13-5-6-13)7-8-21-17-10-16(23-19-17)12-22-15-4-2-3-14(18)9-15/h2-4,9-10,13H,5-8,11-12H2,1H3. The summed E-state index contributed by atoms with van der Waals surface area (Å²) in [6.45, 7) is 2.74. The van der Waals surface area contributed by atoms with Crippen LogP contribution in [0.3, 0.4) is 0 Å². The fourth-order valence-electron chi connectivity index (χ4n) is 2.28. The average Bonchev–Trinajstić information content (AvgIpc) is 3.22. The Bertz CT molecular complexity index is 628. The Morgan fingerprint density at radius 1 is 1.30 bits per heavy atom. The first-order valence-corrected chi connectivity index (χ1v) is 7.84. The van der Waals surface area contributed by atoms with E-state index < -0.39 is 0 Å². The van der Waals surface area contributed by atoms with Crippen LogP contribution in [-0.4, -0.2) is 36.8 Å². The van der Waals surface area contributed by atoms with E-state index >= 15 is 0 Å². The van der Waals surface area contributed by atoms with Crippen molar-refractivity contribution in [3.8, 4) is 11.6 Å². The second-order valence-corrected chi connectivity index (χ2v) is 5.93. The van der Waals surface area contributed by atoms with Gasteiger partial charge in [-0.1, -0.05) is 6.07 Å². The van der Waals surface area contributed by atoms with Crippen molar-refractivity contribution in [1.29, 1.82) is 0 Å². The van der Waals surface area contributed by atoms with E-state index in [0.29, 0.717) is 24.0 Å². The van der Waals surface area contributed by atoms with Crippen molar-refractivity contribution in [2.24, 2.45) is 5.92 Å². The van der Waals surface area contributed by atoms with Gasteiger partial charge in [-0.05, 0) is 43.1 Å². The van der Waals surface area contributed by atoms with Gasteiger partial charge in [-0.2, -0.15) is 0 Å². The summed E-state index contributed by atoms with van der Waals surface area (Å²) < 4.78 is 29.2. The molecule has 5 nitrogen and oxygen atoms in total. The van der Waals surface area contributed by atoms with E-state index in [1.807, 2.05) is 0 Å². The Balaban J connectivity index is 1.39. The van der Waals surface area contributed by atoms with E-state index in [1.165, 1.54) is 25.0 Å². The zero-order valence-corrected chi connectivity index (χ0v) is 13.2. The summed E-state index contributed by atoms with van der Waals surface area (Å²) in [6.07, 6.45) is 2.70. The maximum atomic E-state index is 13.0. The van der Waals surface area contributed by atoms with Crippen LogP contribution in [0.15, 0.2) is 34.9 Å². The minimum Gasteiger partial charge on any atom is -0.485 e. The molecule has 2 aromatic rings. The molecular weight excluding hydrogens is 299 g/mol. The van der Waals surface area contributed by atoms with Crippen LogP contribution >= 0.6 is 0 Å². The van der Waals surface area contributed by atoms with Crippen LogP contribution in [-0.2, 0) is 6.61 Å². The molecule has 1 aliphatic rings. The van der Waals surface area contributed by atoms with Crippen molar-refractivity contribution >= 4 is 0 Å². The molecule has 1 heterocycles. The third kappa shape index (κ3) is 5.25. The quantitative estimate of drug-likeness (QED) is 0.710. The molecule has 0 aliphatic heterocycles. The molecule has 0 N–H and O–H groups in total. The first-order chi connectivity index (χ1) is 11.2. The molecule has 1 saturated carbocycles. The van der Waals surface area contributed by atoms with Gasteiger partial charge < -0.3 is 18.9 Å². The summed E-state index contributed by atoms with van der Waals surface area (Å²) in [7, 11) is 2.10. The van der Waals surface area contributed by atoms with Crippen molar-refractivity contribution in [2.45, 2.75) is 19.4 Å². The van der Waals surface area contributed by atoms with E-state index in [1.54, 1.807) is 18.2 Å². The molecule has 1 aromatic carbocycles. The highest BCUT2D eigenvalue weighted by molar-refractivity contribution is 5.22. The van der Waals surface area contributed by atoms with Gasteiger partial charge in [0, 0.05) is 25.2 Å². The van der Waals surface area contributed by atoms with Gasteiger partial charge in [0.25, 0.3) is 5.88 Å². The maximum absolute atomic E-state index is 13.0. The van der Waals surface area contributed by atoms with Gasteiger partial charge >= 0.3 is 0 Å². The van der Waals surface area contributed by atoms with E-state index in [9.17, 15) is 4.39 Å². The van der Waals surface area contributed by atoms with Crippen molar-refractivity contribution < 1.29 is 18.4 Å². The summed E-state index contributed by atoms with van der Waals surface area (Å²) in [5.41, 5.74) is 0. The second kappa shape index (κ2) is 7.46. The maximum Gasteiger partial charge on any atom is 0.254 e. The molecule has 6 heteroatoms. The zero-order chi connectivity index (χ0) is 16.1. The lowest BCUT2D eigenvalue weighted by atomic mass is 10.3. The topological polar surface area (TPSA) is 47.7 Å². The van der Waals surface area contributed by atoms with Gasteiger partial charge in [-0.3, -0.25) is 0 Å². The van der Waals surface area contributed by atoms with Gasteiger partial charge in [0.15, 0.2) is 5.76 Å². The lowest BCUT2D eigenvalue weighted by Gasteiger charge is -2.15. The van der Waals surface area contributed by atoms with Crippen molar-refractivity contribution in [3.05, 3.63) is 41.9 Å². The highest BCUT2D eigenvalue weighted by Gasteiger charge is 2.22. The Morgan fingerprint density at radius 2 is 2.17 bits per heavy atom. The van der Waals surface area contributed by atoms with Crippen LogP contribution in [0.25, 0.3) is 0 Å². The minimum absolute atomic E-state index is 0.182. The number of aromatic nitrogens is 1. The lowest BCUT2D eigenvalue weighted by molar-refractivity contribution is 0.212. The molecule has 23 heavy (non-hydrogen) atoms. The van der Waals surface area contributed by atoms with E-state index in [2.05, 4.69) is 17.1 Å². The SMILES string of the molecule is CN(CCOc1cc(COc2cccc(F)c2)on1)CC1CC1. The number of ether oxygens (including phenoxy) is 2. The van der Waals surface area contributed by atoms with E-state index in [-0.39, 0.29) is 12.4 Å². The number of hydrogen-bond acceptors (Lipinski definition) is 5. The fourth-order valence-corrected chi connectivity index (χ4v) is 2.28. The smallest absolute Gasteiger partial charge is 0.254 e. The normalized spacial score (nSPS) is 14.2. The van der Waals surface area contributed by atoms with Crippen LogP contribution in [0.2, 0.25) is 0 Å². The van der Waals surface area contributed by atoms with Crippen molar-refractivity contribution in [3.63, 3.8) is 0 Å². The molecular formula is C17H21FN2O3. The van der Waals surface area contributed by atoms with Crippen molar-refractivity contribution in [1.82, 2.24) is 10.1 Å². The summed E-state index contributed by atoms with van der Waals surface area (Å²) in [5.74, 6) is 1.97. The highest BCUT2D eigenvalue weighted by Crippen LogP contribution is 2.29. The predicted octanol–water partition coefficient (Wildman–Crippen LogP) is 3.11. The van der Waals surface area contributed by atoms with Crippen LogP contribution in [0, 0.1) is 11.7 Å². The van der Waals surface area contributed by atoms with Gasteiger partial charge in [-0.15, -0.1) is 0 Å². The molecule has 0 unspecified atom stereocenters. The summed E-state index contributed by atoms with van der Waals surface area (Å²) in [5, 5.41) is 3.85. The van der Waals surface area contributed by atoms with Crippen LogP contribution < -0.4 is 9.47 Å². The molecule has 0 radical (unpaired) electrons. The summed E-state index contributed by atoms with van der Waals surface area (Å²) in [4.78, 5) is 2.27. The highest BCUT2D eigenvalue weighted by atomic mass is 19.1. The van der Waals surface area contributed by atoms with Gasteiger partial charge in [0.2, 0.25) is 0 Å². The number of rotatable bonds is 9. The molecule has 124 valence electrons. The summed E-state index contributed by atoms with van der Waals surface area (Å²) in [6, 6.07) is 7.67. The first kappa shape index (κ1) is 15.8. The van der Waals surface area contributed by atoms with Gasteiger partial charge in [0.1, 0.15) is 24.8 Å². The minimum atomic E-state index is -0.334. The van der Waals surface area contributed by atoms with Crippen LogP contribution in [0.4, 0.5) is 4.39 Å². The van der Waals surface area contributed by atoms with Crippen LogP contribution in [0.1, 0.15) is 18.6 Å². The zero-order valence-electron chi connectivity index (χ0n) is 13.2. The predicted molar refractivity (Wildman–Crippen MR) is 83.0 cm³/mol. The van der Waals surface area contributed by atoms with E-state index in [0.717, 1.165) is 19.0 Å². The molecule has 1 aliphatic carbocycles. The van der Waals surface area contributed by atoms with E-state index in [4.69, 9.17) is 14.0 Å². The average molecular weight is 320 g/mol. The largest absolute Gasteiger partial charge is 0.485 e. The first-order valence-electron chi connectivity index (χ1n) is 7.84. The monoisotopic (exact) mass is 320 g/mol. The third-order valence-electron chi connectivity index (χ3n) is 3.70. The summed E-state index contributed by atoms with van der Waals surface area (Å²) >= 11 is 0. The fraction of sp³-hybridized carbons (Fsp3) is 0.471. The molecule has 0 amide bonds. The number of halogens is 1. The van der Waals surface area contributed by atoms with Crippen LogP contribution in [0.5, 0.6) is 11.6 Å². The molecule has 0 atom stereocenters. The van der Waals surface area contributed by atoms with Gasteiger partial charge in [-0.25, -0.2) is 4.39 Å². The Labute approximate surface area is 135 Å². The molecule has 0 saturated heterocycles. The lowest BCUT2D eigenvalue weighted by Crippen LogP contribution is -2.26. The Hall–Kier alpha value is -2.08. The van der Waals surface area contributed by atoms with Gasteiger partial charge in [0.05, 0.1) is 0 Å². The Kier molecular flexibility index (Phi) is 5.12. The number of benzene rings is 1. The van der Waals surface area contributed by atoms with Crippen molar-refractivity contribution in [2.75, 3.05) is 26.7 Å². The Morgan fingerprint density at radius 3 is 2.96 bits per heavy atom. The third-order valence-corrected chi connectivity index (χ3v) is 3.70. The molecule has 0 bridgehead atoms. The molecule has 3 rings (SSSR count). The molecule has 1 aromatic heterocycles. The molecule has 0 spiro atoms.